The molecule has 1 aliphatic rings. The summed E-state index contributed by atoms with van der Waals surface area (Å²) >= 11 is 6.04. The van der Waals surface area contributed by atoms with Gasteiger partial charge in [0.2, 0.25) is 0 Å². The Balaban J connectivity index is 2.26. The first-order chi connectivity index (χ1) is 8.63. The number of hydrogen-bond donors (Lipinski definition) is 0. The van der Waals surface area contributed by atoms with E-state index in [4.69, 9.17) is 11.6 Å². The van der Waals surface area contributed by atoms with Crippen molar-refractivity contribution >= 4 is 17.3 Å². The predicted molar refractivity (Wildman–Crippen MR) is 76.3 cm³/mol. The zero-order valence-electron chi connectivity index (χ0n) is 11.5. The van der Waals surface area contributed by atoms with Gasteiger partial charge in [-0.1, -0.05) is 26.7 Å². The van der Waals surface area contributed by atoms with Crippen molar-refractivity contribution in [3.8, 4) is 0 Å². The fraction of sp³-hybridized carbons (Fsp3) is 0.714. The topological polar surface area (TPSA) is 29.0 Å². The van der Waals surface area contributed by atoms with Crippen LogP contribution < -0.4 is 4.90 Å². The number of halogens is 1. The molecule has 1 aromatic heterocycles. The molecular formula is C14H22ClN3. The van der Waals surface area contributed by atoms with Gasteiger partial charge < -0.3 is 4.90 Å². The standard InChI is InChI=1S/C14H22ClN3/c1-10(2)14-16-9-13(12(8-15)17-14)18(3)11-6-4-5-7-11/h9-11H,4-8H2,1-3H3. The van der Waals surface area contributed by atoms with Crippen LogP contribution in [0.3, 0.4) is 0 Å². The maximum atomic E-state index is 6.04. The molecule has 100 valence electrons. The number of hydrogen-bond acceptors (Lipinski definition) is 3. The van der Waals surface area contributed by atoms with E-state index in [0.29, 0.717) is 17.8 Å². The van der Waals surface area contributed by atoms with Crippen LogP contribution in [0.25, 0.3) is 0 Å². The third kappa shape index (κ3) is 2.77. The monoisotopic (exact) mass is 267 g/mol. The number of nitrogens with zero attached hydrogens (tertiary/aromatic N) is 3. The maximum Gasteiger partial charge on any atom is 0.131 e. The fourth-order valence-electron chi connectivity index (χ4n) is 2.59. The minimum absolute atomic E-state index is 0.345. The predicted octanol–water partition coefficient (Wildman–Crippen LogP) is 3.72. The third-order valence-electron chi connectivity index (χ3n) is 3.76. The molecule has 0 aliphatic heterocycles. The van der Waals surface area contributed by atoms with E-state index in [-0.39, 0.29) is 0 Å². The smallest absolute Gasteiger partial charge is 0.131 e. The van der Waals surface area contributed by atoms with Crippen LogP contribution in [0.2, 0.25) is 0 Å². The summed E-state index contributed by atoms with van der Waals surface area (Å²) in [6.45, 7) is 4.21. The highest BCUT2D eigenvalue weighted by atomic mass is 35.5. The molecule has 1 saturated carbocycles. The van der Waals surface area contributed by atoms with Crippen molar-refractivity contribution in [1.82, 2.24) is 9.97 Å². The number of alkyl halides is 1. The Hall–Kier alpha value is -0.830. The van der Waals surface area contributed by atoms with Crippen molar-refractivity contribution in [3.63, 3.8) is 0 Å². The summed E-state index contributed by atoms with van der Waals surface area (Å²) in [4.78, 5) is 11.4. The van der Waals surface area contributed by atoms with Crippen LogP contribution in [-0.4, -0.2) is 23.1 Å². The van der Waals surface area contributed by atoms with E-state index in [1.54, 1.807) is 0 Å². The summed E-state index contributed by atoms with van der Waals surface area (Å²) in [7, 11) is 2.14. The van der Waals surface area contributed by atoms with Gasteiger partial charge in [0.1, 0.15) is 5.82 Å². The quantitative estimate of drug-likeness (QED) is 0.779. The molecule has 0 spiro atoms. The van der Waals surface area contributed by atoms with Crippen LogP contribution in [0.1, 0.15) is 57.0 Å². The molecule has 0 radical (unpaired) electrons. The van der Waals surface area contributed by atoms with Crippen LogP contribution in [0.5, 0.6) is 0 Å². The van der Waals surface area contributed by atoms with E-state index in [2.05, 4.69) is 35.8 Å². The lowest BCUT2D eigenvalue weighted by Crippen LogP contribution is -2.30. The van der Waals surface area contributed by atoms with Crippen molar-refractivity contribution in [2.24, 2.45) is 0 Å². The molecule has 1 heterocycles. The molecule has 0 saturated heterocycles. The minimum atomic E-state index is 0.345. The molecule has 0 unspecified atom stereocenters. The molecule has 0 aromatic carbocycles. The van der Waals surface area contributed by atoms with Gasteiger partial charge in [0.05, 0.1) is 23.5 Å². The van der Waals surface area contributed by atoms with Gasteiger partial charge in [0, 0.05) is 19.0 Å². The Morgan fingerprint density at radius 3 is 2.61 bits per heavy atom. The third-order valence-corrected chi connectivity index (χ3v) is 4.01. The summed E-state index contributed by atoms with van der Waals surface area (Å²) in [6, 6.07) is 0.625. The highest BCUT2D eigenvalue weighted by Crippen LogP contribution is 2.29. The minimum Gasteiger partial charge on any atom is -0.369 e. The van der Waals surface area contributed by atoms with E-state index < -0.39 is 0 Å². The number of aromatic nitrogens is 2. The van der Waals surface area contributed by atoms with Crippen LogP contribution in [-0.2, 0) is 5.88 Å². The Morgan fingerprint density at radius 1 is 1.39 bits per heavy atom. The van der Waals surface area contributed by atoms with E-state index in [9.17, 15) is 0 Å². The first-order valence-corrected chi connectivity index (χ1v) is 7.31. The van der Waals surface area contributed by atoms with Gasteiger partial charge in [-0.2, -0.15) is 0 Å². The second-order valence-corrected chi connectivity index (χ2v) is 5.66. The average molecular weight is 268 g/mol. The van der Waals surface area contributed by atoms with Crippen molar-refractivity contribution in [2.75, 3.05) is 11.9 Å². The van der Waals surface area contributed by atoms with Gasteiger partial charge in [-0.05, 0) is 12.8 Å². The summed E-state index contributed by atoms with van der Waals surface area (Å²) < 4.78 is 0. The molecule has 2 rings (SSSR count). The lowest BCUT2D eigenvalue weighted by atomic mass is 10.1. The lowest BCUT2D eigenvalue weighted by molar-refractivity contribution is 0.645. The zero-order chi connectivity index (χ0) is 13.1. The van der Waals surface area contributed by atoms with Gasteiger partial charge >= 0.3 is 0 Å². The van der Waals surface area contributed by atoms with Crippen LogP contribution in [0.15, 0.2) is 6.20 Å². The Labute approximate surface area is 115 Å². The van der Waals surface area contributed by atoms with Gasteiger partial charge in [-0.25, -0.2) is 9.97 Å². The van der Waals surface area contributed by atoms with Crippen molar-refractivity contribution in [2.45, 2.75) is 57.4 Å². The molecule has 0 bridgehead atoms. The average Bonchev–Trinajstić information content (AvgIpc) is 2.90. The zero-order valence-corrected chi connectivity index (χ0v) is 12.2. The van der Waals surface area contributed by atoms with Crippen LogP contribution >= 0.6 is 11.6 Å². The molecule has 0 amide bonds. The molecule has 18 heavy (non-hydrogen) atoms. The van der Waals surface area contributed by atoms with Gasteiger partial charge in [0.25, 0.3) is 0 Å². The maximum absolute atomic E-state index is 6.04. The van der Waals surface area contributed by atoms with E-state index in [1.165, 1.54) is 25.7 Å². The van der Waals surface area contributed by atoms with Crippen LogP contribution in [0.4, 0.5) is 5.69 Å². The fourth-order valence-corrected chi connectivity index (χ4v) is 2.78. The van der Waals surface area contributed by atoms with Crippen molar-refractivity contribution < 1.29 is 0 Å². The second kappa shape index (κ2) is 5.87. The molecule has 0 atom stereocenters. The van der Waals surface area contributed by atoms with Gasteiger partial charge in [0.15, 0.2) is 0 Å². The SMILES string of the molecule is CC(C)c1ncc(N(C)C2CCCC2)c(CCl)n1. The highest BCUT2D eigenvalue weighted by Gasteiger charge is 2.22. The molecule has 1 aromatic rings. The van der Waals surface area contributed by atoms with E-state index >= 15 is 0 Å². The van der Waals surface area contributed by atoms with Gasteiger partial charge in [-0.15, -0.1) is 11.6 Å². The molecule has 0 N–H and O–H groups in total. The van der Waals surface area contributed by atoms with Crippen molar-refractivity contribution in [1.29, 1.82) is 0 Å². The first kappa shape index (κ1) is 13.6. The van der Waals surface area contributed by atoms with Gasteiger partial charge in [-0.3, -0.25) is 0 Å². The highest BCUT2D eigenvalue weighted by molar-refractivity contribution is 6.17. The summed E-state index contributed by atoms with van der Waals surface area (Å²) in [5.74, 6) is 1.68. The molecule has 3 nitrogen and oxygen atoms in total. The summed E-state index contributed by atoms with van der Waals surface area (Å²) in [6.07, 6.45) is 7.14. The van der Waals surface area contributed by atoms with E-state index in [0.717, 1.165) is 17.2 Å². The molecular weight excluding hydrogens is 246 g/mol. The normalized spacial score (nSPS) is 16.5. The van der Waals surface area contributed by atoms with Crippen LogP contribution in [0, 0.1) is 0 Å². The molecule has 1 fully saturated rings. The Bertz CT molecular complexity index is 400. The molecule has 4 heteroatoms. The molecule has 1 aliphatic carbocycles. The Morgan fingerprint density at radius 2 is 2.06 bits per heavy atom. The summed E-state index contributed by atoms with van der Waals surface area (Å²) in [5.41, 5.74) is 2.06. The van der Waals surface area contributed by atoms with Crippen molar-refractivity contribution in [3.05, 3.63) is 17.7 Å². The van der Waals surface area contributed by atoms with E-state index in [1.807, 2.05) is 6.20 Å². The number of rotatable bonds is 4. The largest absolute Gasteiger partial charge is 0.369 e. The Kier molecular flexibility index (Phi) is 4.44. The number of anilines is 1. The second-order valence-electron chi connectivity index (χ2n) is 5.40. The first-order valence-electron chi connectivity index (χ1n) is 6.78. The summed E-state index contributed by atoms with van der Waals surface area (Å²) in [5, 5.41) is 0. The lowest BCUT2D eigenvalue weighted by Gasteiger charge is -2.27.